The van der Waals surface area contributed by atoms with E-state index in [1.807, 2.05) is 0 Å². The number of rotatable bonds is 0. The van der Waals surface area contributed by atoms with Crippen molar-refractivity contribution in [3.05, 3.63) is 39.4 Å². The van der Waals surface area contributed by atoms with Gasteiger partial charge in [-0.2, -0.15) is 0 Å². The van der Waals surface area contributed by atoms with Crippen LogP contribution in [-0.2, 0) is 0 Å². The average Bonchev–Trinajstić information content (AvgIpc) is 2.15. The summed E-state index contributed by atoms with van der Waals surface area (Å²) in [5.74, 6) is -0.372. The molecule has 0 saturated heterocycles. The first-order valence-corrected chi connectivity index (χ1v) is 4.35. The van der Waals surface area contributed by atoms with Crippen molar-refractivity contribution in [2.45, 2.75) is 0 Å². The van der Waals surface area contributed by atoms with Crippen LogP contribution in [0.25, 0.3) is 5.65 Å². The molecular formula is C8H5BrN2O2. The SMILES string of the molecule is O=c1c(O)c(Br)nc2ccccn12. The summed E-state index contributed by atoms with van der Waals surface area (Å²) in [5, 5.41) is 9.26. The first kappa shape index (κ1) is 8.25. The summed E-state index contributed by atoms with van der Waals surface area (Å²) in [6, 6.07) is 5.15. The lowest BCUT2D eigenvalue weighted by Crippen LogP contribution is -2.14. The average molecular weight is 241 g/mol. The molecule has 1 N–H and O–H groups in total. The molecule has 0 radical (unpaired) electrons. The highest BCUT2D eigenvalue weighted by atomic mass is 79.9. The van der Waals surface area contributed by atoms with Crippen molar-refractivity contribution < 1.29 is 5.11 Å². The van der Waals surface area contributed by atoms with E-state index in [1.165, 1.54) is 4.40 Å². The van der Waals surface area contributed by atoms with Crippen LogP contribution >= 0.6 is 15.9 Å². The number of aromatic nitrogens is 2. The maximum Gasteiger partial charge on any atom is 0.301 e. The van der Waals surface area contributed by atoms with Gasteiger partial charge in [0, 0.05) is 6.20 Å². The Bertz CT molecular complexity index is 521. The van der Waals surface area contributed by atoms with E-state index in [2.05, 4.69) is 20.9 Å². The van der Waals surface area contributed by atoms with Crippen molar-refractivity contribution >= 4 is 21.6 Å². The first-order valence-electron chi connectivity index (χ1n) is 3.56. The predicted molar refractivity (Wildman–Crippen MR) is 50.8 cm³/mol. The summed E-state index contributed by atoms with van der Waals surface area (Å²) >= 11 is 2.99. The molecule has 66 valence electrons. The molecular weight excluding hydrogens is 236 g/mol. The maximum atomic E-state index is 11.4. The molecule has 0 saturated carbocycles. The number of halogens is 1. The Morgan fingerprint density at radius 3 is 3.00 bits per heavy atom. The van der Waals surface area contributed by atoms with Crippen molar-refractivity contribution in [3.8, 4) is 5.75 Å². The highest BCUT2D eigenvalue weighted by molar-refractivity contribution is 9.10. The number of hydrogen-bond donors (Lipinski definition) is 1. The molecule has 0 bridgehead atoms. The second kappa shape index (κ2) is 2.85. The van der Waals surface area contributed by atoms with Crippen LogP contribution in [0.5, 0.6) is 5.75 Å². The van der Waals surface area contributed by atoms with Gasteiger partial charge in [-0.05, 0) is 28.1 Å². The van der Waals surface area contributed by atoms with Gasteiger partial charge < -0.3 is 5.11 Å². The third-order valence-corrected chi connectivity index (χ3v) is 2.22. The van der Waals surface area contributed by atoms with E-state index >= 15 is 0 Å². The fraction of sp³-hybridized carbons (Fsp3) is 0. The van der Waals surface area contributed by atoms with Gasteiger partial charge in [0.15, 0.2) is 4.60 Å². The van der Waals surface area contributed by atoms with E-state index < -0.39 is 5.56 Å². The van der Waals surface area contributed by atoms with Crippen LogP contribution in [0, 0.1) is 0 Å². The van der Waals surface area contributed by atoms with Gasteiger partial charge in [0.2, 0.25) is 5.75 Å². The van der Waals surface area contributed by atoms with E-state index in [-0.39, 0.29) is 10.4 Å². The molecule has 0 spiro atoms. The number of hydrogen-bond acceptors (Lipinski definition) is 3. The van der Waals surface area contributed by atoms with Gasteiger partial charge in [-0.1, -0.05) is 6.07 Å². The smallest absolute Gasteiger partial charge is 0.301 e. The van der Waals surface area contributed by atoms with Crippen molar-refractivity contribution in [1.29, 1.82) is 0 Å². The molecule has 0 aliphatic heterocycles. The van der Waals surface area contributed by atoms with Crippen molar-refractivity contribution in [3.63, 3.8) is 0 Å². The molecule has 5 heteroatoms. The van der Waals surface area contributed by atoms with Gasteiger partial charge in [0.05, 0.1) is 0 Å². The van der Waals surface area contributed by atoms with E-state index in [4.69, 9.17) is 0 Å². The Morgan fingerprint density at radius 2 is 2.23 bits per heavy atom. The first-order chi connectivity index (χ1) is 6.20. The maximum absolute atomic E-state index is 11.4. The lowest BCUT2D eigenvalue weighted by Gasteiger charge is -2.00. The molecule has 2 aromatic heterocycles. The molecule has 4 nitrogen and oxygen atoms in total. The molecule has 0 amide bonds. The Kier molecular flexibility index (Phi) is 1.81. The number of aromatic hydroxyl groups is 1. The quantitative estimate of drug-likeness (QED) is 0.704. The van der Waals surface area contributed by atoms with Crippen molar-refractivity contribution in [2.75, 3.05) is 0 Å². The third-order valence-electron chi connectivity index (χ3n) is 1.67. The standard InChI is InChI=1S/C8H5BrN2O2/c9-7-6(12)8(13)11-4-2-1-3-5(11)10-7/h1-4,12H. The van der Waals surface area contributed by atoms with E-state index in [1.54, 1.807) is 24.4 Å². The van der Waals surface area contributed by atoms with Crippen LogP contribution in [0.2, 0.25) is 0 Å². The fourth-order valence-corrected chi connectivity index (χ4v) is 1.40. The molecule has 0 aliphatic carbocycles. The summed E-state index contributed by atoms with van der Waals surface area (Å²) in [6.45, 7) is 0. The minimum atomic E-state index is -0.475. The zero-order valence-electron chi connectivity index (χ0n) is 6.44. The third kappa shape index (κ3) is 1.21. The van der Waals surface area contributed by atoms with Gasteiger partial charge in [-0.3, -0.25) is 9.20 Å². The summed E-state index contributed by atoms with van der Waals surface area (Å²) in [6.07, 6.45) is 1.55. The van der Waals surface area contributed by atoms with Crippen LogP contribution in [0.15, 0.2) is 33.8 Å². The van der Waals surface area contributed by atoms with Crippen molar-refractivity contribution in [2.24, 2.45) is 0 Å². The molecule has 2 aromatic rings. The molecule has 2 heterocycles. The Hall–Kier alpha value is -1.36. The lowest BCUT2D eigenvalue weighted by molar-refractivity contribution is 0.458. The van der Waals surface area contributed by atoms with Crippen molar-refractivity contribution in [1.82, 2.24) is 9.38 Å². The summed E-state index contributed by atoms with van der Waals surface area (Å²) in [5.41, 5.74) is 0.0228. The fourth-order valence-electron chi connectivity index (χ4n) is 1.05. The Labute approximate surface area is 81.6 Å². The van der Waals surface area contributed by atoms with E-state index in [0.29, 0.717) is 5.65 Å². The van der Waals surface area contributed by atoms with Crippen LogP contribution in [-0.4, -0.2) is 14.5 Å². The summed E-state index contributed by atoms with van der Waals surface area (Å²) in [7, 11) is 0. The molecule has 0 aliphatic rings. The van der Waals surface area contributed by atoms with Crippen LogP contribution in [0.1, 0.15) is 0 Å². The van der Waals surface area contributed by atoms with Gasteiger partial charge in [-0.25, -0.2) is 4.98 Å². The van der Waals surface area contributed by atoms with Gasteiger partial charge in [-0.15, -0.1) is 0 Å². The molecule has 0 fully saturated rings. The highest BCUT2D eigenvalue weighted by Crippen LogP contribution is 2.16. The molecule has 0 aromatic carbocycles. The number of fused-ring (bicyclic) bond motifs is 1. The second-order valence-electron chi connectivity index (χ2n) is 2.49. The summed E-state index contributed by atoms with van der Waals surface area (Å²) in [4.78, 5) is 15.4. The zero-order valence-corrected chi connectivity index (χ0v) is 8.02. The lowest BCUT2D eigenvalue weighted by atomic mass is 10.4. The topological polar surface area (TPSA) is 54.6 Å². The van der Waals surface area contributed by atoms with E-state index in [0.717, 1.165) is 0 Å². The van der Waals surface area contributed by atoms with Crippen LogP contribution < -0.4 is 5.56 Å². The molecule has 2 rings (SSSR count). The zero-order chi connectivity index (χ0) is 9.42. The Morgan fingerprint density at radius 1 is 1.46 bits per heavy atom. The monoisotopic (exact) mass is 240 g/mol. The van der Waals surface area contributed by atoms with E-state index in [9.17, 15) is 9.90 Å². The predicted octanol–water partition coefficient (Wildman–Crippen LogP) is 1.16. The number of nitrogens with zero attached hydrogens (tertiary/aromatic N) is 2. The largest absolute Gasteiger partial charge is 0.501 e. The normalized spacial score (nSPS) is 10.5. The van der Waals surface area contributed by atoms with Crippen LogP contribution in [0.3, 0.4) is 0 Å². The van der Waals surface area contributed by atoms with Gasteiger partial charge in [0.1, 0.15) is 5.65 Å². The minimum Gasteiger partial charge on any atom is -0.501 e. The molecule has 13 heavy (non-hydrogen) atoms. The highest BCUT2D eigenvalue weighted by Gasteiger charge is 2.07. The van der Waals surface area contributed by atoms with Gasteiger partial charge >= 0.3 is 5.56 Å². The Balaban J connectivity index is 3.03. The second-order valence-corrected chi connectivity index (χ2v) is 3.24. The molecule has 0 unspecified atom stereocenters. The number of pyridine rings is 1. The minimum absolute atomic E-state index is 0.170. The molecule has 0 atom stereocenters. The van der Waals surface area contributed by atoms with Gasteiger partial charge in [0.25, 0.3) is 0 Å². The van der Waals surface area contributed by atoms with Crippen LogP contribution in [0.4, 0.5) is 0 Å². The summed E-state index contributed by atoms with van der Waals surface area (Å²) < 4.78 is 1.45.